The Morgan fingerprint density at radius 3 is 2.16 bits per heavy atom. The molecule has 0 fully saturated rings. The summed E-state index contributed by atoms with van der Waals surface area (Å²) in [5.41, 5.74) is 5.94. The number of nitrogen functional groups attached to an aromatic ring is 1. The summed E-state index contributed by atoms with van der Waals surface area (Å²) in [6, 6.07) is 0. The van der Waals surface area contributed by atoms with Gasteiger partial charge in [-0.15, -0.1) is 0 Å². The van der Waals surface area contributed by atoms with Crippen molar-refractivity contribution in [2.75, 3.05) is 25.1 Å². The van der Waals surface area contributed by atoms with Gasteiger partial charge in [-0.1, -0.05) is 0 Å². The molecule has 0 spiro atoms. The van der Waals surface area contributed by atoms with Crippen molar-refractivity contribution in [1.82, 2.24) is 19.2 Å². The molecule has 1 aromatic rings. The average Bonchev–Trinajstić information content (AvgIpc) is 2.47. The van der Waals surface area contributed by atoms with E-state index in [1.807, 2.05) is 0 Å². The van der Waals surface area contributed by atoms with Crippen LogP contribution in [0.15, 0.2) is 4.90 Å². The fraction of sp³-hybridized carbons (Fsp3) is 0.625. The number of anilines is 1. The minimum Gasteiger partial charge on any atom is -0.381 e. The molecule has 0 amide bonds. The number of hydrogen-bond donors (Lipinski definition) is 3. The van der Waals surface area contributed by atoms with Crippen LogP contribution in [0.5, 0.6) is 0 Å². The molecule has 1 aromatic heterocycles. The van der Waals surface area contributed by atoms with E-state index in [4.69, 9.17) is 5.73 Å². The van der Waals surface area contributed by atoms with Gasteiger partial charge in [0.2, 0.25) is 20.0 Å². The molecule has 0 aliphatic rings. The van der Waals surface area contributed by atoms with Gasteiger partial charge in [0, 0.05) is 20.1 Å². The van der Waals surface area contributed by atoms with E-state index in [0.717, 1.165) is 6.26 Å². The van der Waals surface area contributed by atoms with Gasteiger partial charge < -0.3 is 5.73 Å². The molecule has 1 heterocycles. The van der Waals surface area contributed by atoms with Crippen LogP contribution in [-0.2, 0) is 27.1 Å². The Hall–Kier alpha value is -1.17. The van der Waals surface area contributed by atoms with Gasteiger partial charge >= 0.3 is 0 Å². The molecule has 0 aromatic carbocycles. The van der Waals surface area contributed by atoms with Crippen molar-refractivity contribution < 1.29 is 16.8 Å². The van der Waals surface area contributed by atoms with Crippen molar-refractivity contribution in [1.29, 1.82) is 0 Å². The van der Waals surface area contributed by atoms with Crippen molar-refractivity contribution in [3.63, 3.8) is 0 Å². The molecule has 110 valence electrons. The molecular formula is C8H17N5O4S2. The van der Waals surface area contributed by atoms with Gasteiger partial charge in [-0.3, -0.25) is 4.68 Å². The normalized spacial score (nSPS) is 12.8. The van der Waals surface area contributed by atoms with E-state index in [2.05, 4.69) is 14.5 Å². The molecule has 0 saturated carbocycles. The van der Waals surface area contributed by atoms with Gasteiger partial charge in [-0.25, -0.2) is 26.3 Å². The van der Waals surface area contributed by atoms with Crippen LogP contribution in [-0.4, -0.2) is 46.0 Å². The van der Waals surface area contributed by atoms with Crippen molar-refractivity contribution in [3.8, 4) is 0 Å². The highest BCUT2D eigenvalue weighted by atomic mass is 32.2. The quantitative estimate of drug-likeness (QED) is 0.527. The van der Waals surface area contributed by atoms with Gasteiger partial charge in [0.15, 0.2) is 5.82 Å². The third kappa shape index (κ3) is 4.16. The molecule has 1 rings (SSSR count). The summed E-state index contributed by atoms with van der Waals surface area (Å²) >= 11 is 0. The van der Waals surface area contributed by atoms with Crippen molar-refractivity contribution in [2.24, 2.45) is 7.05 Å². The molecule has 0 radical (unpaired) electrons. The fourth-order valence-corrected chi connectivity index (χ4v) is 3.27. The van der Waals surface area contributed by atoms with E-state index in [1.165, 1.54) is 4.68 Å². The van der Waals surface area contributed by atoms with Gasteiger partial charge in [0.1, 0.15) is 4.90 Å². The Bertz CT molecular complexity index is 662. The van der Waals surface area contributed by atoms with Gasteiger partial charge in [-0.05, 0) is 6.92 Å². The highest BCUT2D eigenvalue weighted by molar-refractivity contribution is 7.89. The lowest BCUT2D eigenvalue weighted by atomic mass is 10.5. The topological polar surface area (TPSA) is 136 Å². The number of hydrogen-bond acceptors (Lipinski definition) is 6. The number of aryl methyl sites for hydroxylation is 1. The van der Waals surface area contributed by atoms with Crippen LogP contribution in [0.4, 0.5) is 5.82 Å². The lowest BCUT2D eigenvalue weighted by molar-refractivity contribution is 0.573. The predicted octanol–water partition coefficient (Wildman–Crippen LogP) is -1.86. The fourth-order valence-electron chi connectivity index (χ4n) is 1.44. The number of sulfonamides is 2. The van der Waals surface area contributed by atoms with Crippen molar-refractivity contribution in [2.45, 2.75) is 11.8 Å². The molecule has 0 atom stereocenters. The van der Waals surface area contributed by atoms with Gasteiger partial charge in [0.25, 0.3) is 0 Å². The summed E-state index contributed by atoms with van der Waals surface area (Å²) in [5.74, 6) is -0.0939. The zero-order valence-corrected chi connectivity index (χ0v) is 12.5. The first kappa shape index (κ1) is 15.9. The standard InChI is InChI=1S/C8H17N5O4S2/c1-6-7(8(9)12-13(6)2)19(16,17)11-5-4-10-18(3,14)15/h10-11H,4-5H2,1-3H3,(H2,9,12). The van der Waals surface area contributed by atoms with Gasteiger partial charge in [0.05, 0.1) is 11.9 Å². The maximum Gasteiger partial charge on any atom is 0.246 e. The summed E-state index contributed by atoms with van der Waals surface area (Å²) in [6.07, 6.45) is 0.991. The highest BCUT2D eigenvalue weighted by Gasteiger charge is 2.24. The SMILES string of the molecule is Cc1c(S(=O)(=O)NCCNS(C)(=O)=O)c(N)nn1C. The molecule has 0 unspecified atom stereocenters. The van der Waals surface area contributed by atoms with E-state index in [0.29, 0.717) is 5.69 Å². The third-order valence-electron chi connectivity index (χ3n) is 2.35. The highest BCUT2D eigenvalue weighted by Crippen LogP contribution is 2.20. The largest absolute Gasteiger partial charge is 0.381 e. The van der Waals surface area contributed by atoms with Crippen molar-refractivity contribution in [3.05, 3.63) is 5.69 Å². The Morgan fingerprint density at radius 2 is 1.74 bits per heavy atom. The Balaban J connectivity index is 2.77. The van der Waals surface area contributed by atoms with Gasteiger partial charge in [-0.2, -0.15) is 5.10 Å². The predicted molar refractivity (Wildman–Crippen MR) is 70.4 cm³/mol. The summed E-state index contributed by atoms with van der Waals surface area (Å²) in [7, 11) is -5.58. The number of nitrogens with one attached hydrogen (secondary N) is 2. The average molecular weight is 311 g/mol. The first-order valence-corrected chi connectivity index (χ1v) is 8.65. The molecule has 4 N–H and O–H groups in total. The van der Waals surface area contributed by atoms with Crippen LogP contribution < -0.4 is 15.2 Å². The molecule has 0 aliphatic heterocycles. The van der Waals surface area contributed by atoms with Crippen LogP contribution in [0.1, 0.15) is 5.69 Å². The summed E-state index contributed by atoms with van der Waals surface area (Å²) in [4.78, 5) is -0.0886. The van der Waals surface area contributed by atoms with Crippen LogP contribution in [0.2, 0.25) is 0 Å². The van der Waals surface area contributed by atoms with Crippen LogP contribution in [0.25, 0.3) is 0 Å². The maximum atomic E-state index is 12.0. The lowest BCUT2D eigenvalue weighted by Gasteiger charge is -2.07. The third-order valence-corrected chi connectivity index (χ3v) is 4.71. The summed E-state index contributed by atoms with van der Waals surface area (Å²) < 4.78 is 51.4. The van der Waals surface area contributed by atoms with Crippen LogP contribution >= 0.6 is 0 Å². The van der Waals surface area contributed by atoms with E-state index < -0.39 is 20.0 Å². The second-order valence-electron chi connectivity index (χ2n) is 3.99. The molecule has 0 bridgehead atoms. The monoisotopic (exact) mass is 311 g/mol. The van der Waals surface area contributed by atoms with E-state index in [9.17, 15) is 16.8 Å². The molecular weight excluding hydrogens is 294 g/mol. The zero-order chi connectivity index (χ0) is 14.8. The minimum absolute atomic E-state index is 0.0444. The Labute approximate surface area is 112 Å². The van der Waals surface area contributed by atoms with Crippen LogP contribution in [0.3, 0.4) is 0 Å². The van der Waals surface area contributed by atoms with Crippen LogP contribution in [0, 0.1) is 6.92 Å². The molecule has 0 saturated heterocycles. The van der Waals surface area contributed by atoms with E-state index in [1.54, 1.807) is 14.0 Å². The minimum atomic E-state index is -3.81. The molecule has 0 aliphatic carbocycles. The van der Waals surface area contributed by atoms with E-state index in [-0.39, 0.29) is 23.8 Å². The second-order valence-corrected chi connectivity index (χ2v) is 7.52. The lowest BCUT2D eigenvalue weighted by Crippen LogP contribution is -2.34. The van der Waals surface area contributed by atoms with E-state index >= 15 is 0 Å². The zero-order valence-electron chi connectivity index (χ0n) is 10.8. The molecule has 11 heteroatoms. The molecule has 9 nitrogen and oxygen atoms in total. The Morgan fingerprint density at radius 1 is 1.21 bits per heavy atom. The first-order chi connectivity index (χ1) is 8.54. The second kappa shape index (κ2) is 5.45. The number of nitrogens with zero attached hydrogens (tertiary/aromatic N) is 2. The van der Waals surface area contributed by atoms with Crippen molar-refractivity contribution >= 4 is 25.9 Å². The number of nitrogens with two attached hydrogens (primary N) is 1. The summed E-state index contributed by atoms with van der Waals surface area (Å²) in [5, 5.41) is 3.81. The number of rotatable bonds is 6. The molecule has 19 heavy (non-hydrogen) atoms. The number of aromatic nitrogens is 2. The first-order valence-electron chi connectivity index (χ1n) is 5.28. The Kier molecular flexibility index (Phi) is 4.55. The summed E-state index contributed by atoms with van der Waals surface area (Å²) in [6.45, 7) is 1.45. The smallest absolute Gasteiger partial charge is 0.246 e. The maximum absolute atomic E-state index is 12.0.